The van der Waals surface area contributed by atoms with E-state index in [4.69, 9.17) is 19.9 Å². The first-order valence-corrected chi connectivity index (χ1v) is 14.7. The van der Waals surface area contributed by atoms with Crippen molar-refractivity contribution in [3.05, 3.63) is 88.5 Å². The van der Waals surface area contributed by atoms with E-state index in [1.165, 1.54) is 17.8 Å². The van der Waals surface area contributed by atoms with Crippen molar-refractivity contribution >= 4 is 41.2 Å². The second-order valence-corrected chi connectivity index (χ2v) is 10.7. The Morgan fingerprint density at radius 2 is 1.54 bits per heavy atom. The van der Waals surface area contributed by atoms with E-state index >= 15 is 0 Å². The Morgan fingerprint density at radius 3 is 2.10 bits per heavy atom. The molecule has 5 N–H and O–H groups in total. The standard InChI is InChI=1S/C31H35N7O10/c1-20(26(40)41)37(29(44)46-16-21-10-5-3-6-11-21)14-9-15-38(30(45)47-17-22-12-7-4-8-13-22)31(2,27(42)43)48-19-36-18-33-23-24(36)34-28(32)35-25(23)39/h3-8,10-13,18,20H,9,14-17,19H2,1-2H3,(H,40,41)(H,42,43)(H3,32,34,35,39)/t20-,31+/m0/s1. The number of carbonyl (C=O) groups is 4. The molecule has 0 aliphatic rings. The summed E-state index contributed by atoms with van der Waals surface area (Å²) in [5.74, 6) is -3.08. The number of nitrogens with one attached hydrogen (secondary N) is 1. The Labute approximate surface area is 273 Å². The van der Waals surface area contributed by atoms with Crippen LogP contribution in [0.15, 0.2) is 71.8 Å². The first-order valence-electron chi connectivity index (χ1n) is 14.7. The molecule has 48 heavy (non-hydrogen) atoms. The van der Waals surface area contributed by atoms with Crippen LogP contribution >= 0.6 is 0 Å². The van der Waals surface area contributed by atoms with Crippen molar-refractivity contribution in [2.45, 2.75) is 52.0 Å². The molecule has 0 saturated carbocycles. The minimum absolute atomic E-state index is 0.00880. The van der Waals surface area contributed by atoms with Crippen molar-refractivity contribution in [3.8, 4) is 0 Å². The minimum atomic E-state index is -2.38. The molecule has 2 aromatic heterocycles. The molecule has 0 radical (unpaired) electrons. The molecular weight excluding hydrogens is 630 g/mol. The summed E-state index contributed by atoms with van der Waals surface area (Å²) in [6, 6.07) is 16.1. The van der Waals surface area contributed by atoms with Crippen LogP contribution in [0.2, 0.25) is 0 Å². The number of anilines is 1. The third-order valence-corrected chi connectivity index (χ3v) is 7.36. The number of carboxylic acids is 2. The van der Waals surface area contributed by atoms with Gasteiger partial charge in [0.1, 0.15) is 26.0 Å². The summed E-state index contributed by atoms with van der Waals surface area (Å²) < 4.78 is 17.8. The predicted molar refractivity (Wildman–Crippen MR) is 168 cm³/mol. The Bertz CT molecular complexity index is 1800. The first kappa shape index (κ1) is 34.9. The highest BCUT2D eigenvalue weighted by Gasteiger charge is 2.45. The fraction of sp³-hybridized carbons (Fsp3) is 0.323. The molecular formula is C31H35N7O10. The number of aliphatic carboxylic acids is 2. The lowest BCUT2D eigenvalue weighted by atomic mass is 10.2. The average Bonchev–Trinajstić information content (AvgIpc) is 3.48. The number of hydrogen-bond donors (Lipinski definition) is 4. The zero-order valence-corrected chi connectivity index (χ0v) is 26.1. The molecule has 17 nitrogen and oxygen atoms in total. The highest BCUT2D eigenvalue weighted by Crippen LogP contribution is 2.23. The lowest BCUT2D eigenvalue weighted by molar-refractivity contribution is -0.197. The molecule has 2 atom stereocenters. The number of benzene rings is 2. The number of rotatable bonds is 15. The van der Waals surface area contributed by atoms with Gasteiger partial charge in [-0.15, -0.1) is 0 Å². The summed E-state index contributed by atoms with van der Waals surface area (Å²) in [5, 5.41) is 20.0. The maximum Gasteiger partial charge on any atom is 0.412 e. The minimum Gasteiger partial charge on any atom is -0.480 e. The van der Waals surface area contributed by atoms with Crippen LogP contribution in [-0.2, 0) is 43.7 Å². The van der Waals surface area contributed by atoms with E-state index in [-0.39, 0.29) is 49.8 Å². The van der Waals surface area contributed by atoms with E-state index in [1.807, 2.05) is 0 Å². The number of nitrogens with zero attached hydrogens (tertiary/aromatic N) is 5. The normalized spacial score (nSPS) is 12.9. The van der Waals surface area contributed by atoms with Crippen LogP contribution < -0.4 is 11.3 Å². The number of fused-ring (bicyclic) bond motifs is 1. The molecule has 2 amide bonds. The quantitative estimate of drug-likeness (QED) is 0.134. The van der Waals surface area contributed by atoms with Crippen LogP contribution in [0.25, 0.3) is 11.2 Å². The van der Waals surface area contributed by atoms with Crippen LogP contribution in [0.3, 0.4) is 0 Å². The molecule has 0 bridgehead atoms. The van der Waals surface area contributed by atoms with Gasteiger partial charge in [-0.3, -0.25) is 24.1 Å². The largest absolute Gasteiger partial charge is 0.480 e. The van der Waals surface area contributed by atoms with Crippen LogP contribution in [0.4, 0.5) is 15.5 Å². The van der Waals surface area contributed by atoms with Gasteiger partial charge >= 0.3 is 24.1 Å². The van der Waals surface area contributed by atoms with Gasteiger partial charge in [0.25, 0.3) is 5.56 Å². The van der Waals surface area contributed by atoms with Gasteiger partial charge in [0.05, 0.1) is 6.33 Å². The van der Waals surface area contributed by atoms with E-state index in [0.717, 1.165) is 16.7 Å². The smallest absolute Gasteiger partial charge is 0.412 e. The van der Waals surface area contributed by atoms with Gasteiger partial charge in [0.15, 0.2) is 11.2 Å². The summed E-state index contributed by atoms with van der Waals surface area (Å²) in [6.07, 6.45) is -0.897. The Morgan fingerprint density at radius 1 is 0.958 bits per heavy atom. The van der Waals surface area contributed by atoms with Gasteiger partial charge in [0, 0.05) is 13.1 Å². The highest BCUT2D eigenvalue weighted by atomic mass is 16.6. The topological polar surface area (TPSA) is 232 Å². The maximum atomic E-state index is 13.5. The van der Waals surface area contributed by atoms with E-state index in [2.05, 4.69) is 15.0 Å². The van der Waals surface area contributed by atoms with E-state index in [1.54, 1.807) is 60.7 Å². The summed E-state index contributed by atoms with van der Waals surface area (Å²) in [5.41, 5.74) is 3.90. The van der Waals surface area contributed by atoms with Crippen molar-refractivity contribution in [1.29, 1.82) is 0 Å². The van der Waals surface area contributed by atoms with E-state index < -0.39 is 48.2 Å². The Kier molecular flexibility index (Phi) is 11.3. The van der Waals surface area contributed by atoms with Gasteiger partial charge in [-0.2, -0.15) is 4.98 Å². The number of aromatic nitrogens is 4. The SMILES string of the molecule is C[C@@H](C(=O)O)N(CCCN(C(=O)OCc1ccccc1)[C@](C)(OCn1cnc2c(=O)[nH]c(N)nc21)C(=O)O)C(=O)OCc1ccccc1. The fourth-order valence-corrected chi connectivity index (χ4v) is 4.57. The summed E-state index contributed by atoms with van der Waals surface area (Å²) in [7, 11) is 0. The van der Waals surface area contributed by atoms with Crippen molar-refractivity contribution in [2.75, 3.05) is 18.8 Å². The molecule has 0 aliphatic heterocycles. The molecule has 2 heterocycles. The Balaban J connectivity index is 1.55. The lowest BCUT2D eigenvalue weighted by Crippen LogP contribution is -2.58. The Hall–Kier alpha value is -5.97. The molecule has 0 spiro atoms. The lowest BCUT2D eigenvalue weighted by Gasteiger charge is -2.37. The molecule has 0 saturated heterocycles. The zero-order chi connectivity index (χ0) is 34.8. The van der Waals surface area contributed by atoms with Crippen LogP contribution in [0.5, 0.6) is 0 Å². The molecule has 2 aromatic carbocycles. The molecule has 4 aromatic rings. The van der Waals surface area contributed by atoms with Crippen LogP contribution in [-0.4, -0.2) is 88.5 Å². The maximum absolute atomic E-state index is 13.5. The van der Waals surface area contributed by atoms with Gasteiger partial charge in [-0.05, 0) is 31.4 Å². The van der Waals surface area contributed by atoms with Crippen LogP contribution in [0, 0.1) is 0 Å². The second-order valence-electron chi connectivity index (χ2n) is 10.7. The average molecular weight is 666 g/mol. The number of aromatic amines is 1. The monoisotopic (exact) mass is 665 g/mol. The number of H-pyrrole nitrogens is 1. The molecule has 0 fully saturated rings. The van der Waals surface area contributed by atoms with Gasteiger partial charge in [-0.25, -0.2) is 24.2 Å². The third-order valence-electron chi connectivity index (χ3n) is 7.36. The van der Waals surface area contributed by atoms with Gasteiger partial charge in [0.2, 0.25) is 11.7 Å². The van der Waals surface area contributed by atoms with Crippen molar-refractivity contribution in [3.63, 3.8) is 0 Å². The zero-order valence-electron chi connectivity index (χ0n) is 26.1. The van der Waals surface area contributed by atoms with Gasteiger partial charge in [-0.1, -0.05) is 60.7 Å². The number of nitrogen functional groups attached to an aromatic ring is 1. The second kappa shape index (κ2) is 15.5. The van der Waals surface area contributed by atoms with Crippen molar-refractivity contribution in [2.24, 2.45) is 0 Å². The summed E-state index contributed by atoms with van der Waals surface area (Å²) >= 11 is 0. The van der Waals surface area contributed by atoms with Crippen molar-refractivity contribution < 1.29 is 43.6 Å². The number of carboxylic acid groups (broad SMARTS) is 2. The van der Waals surface area contributed by atoms with Gasteiger partial charge < -0.3 is 30.2 Å². The molecule has 4 rings (SSSR count). The molecule has 0 unspecified atom stereocenters. The predicted octanol–water partition coefficient (Wildman–Crippen LogP) is 2.62. The third kappa shape index (κ3) is 8.43. The number of imidazole rings is 1. The number of carbonyl (C=O) groups excluding carboxylic acids is 2. The fourth-order valence-electron chi connectivity index (χ4n) is 4.57. The molecule has 254 valence electrons. The van der Waals surface area contributed by atoms with Crippen molar-refractivity contribution in [1.82, 2.24) is 29.3 Å². The van der Waals surface area contributed by atoms with Crippen LogP contribution in [0.1, 0.15) is 31.4 Å². The number of nitrogens with two attached hydrogens (primary N) is 1. The van der Waals surface area contributed by atoms with E-state index in [9.17, 15) is 34.2 Å². The highest BCUT2D eigenvalue weighted by molar-refractivity contribution is 5.82. The van der Waals surface area contributed by atoms with E-state index in [0.29, 0.717) is 11.1 Å². The number of ether oxygens (including phenoxy) is 3. The molecule has 17 heteroatoms. The summed E-state index contributed by atoms with van der Waals surface area (Å²) in [4.78, 5) is 75.4. The first-order chi connectivity index (χ1) is 22.9. The molecule has 0 aliphatic carbocycles. The number of hydrogen-bond acceptors (Lipinski definition) is 11. The number of amides is 2. The summed E-state index contributed by atoms with van der Waals surface area (Å²) in [6.45, 7) is 0.977.